The predicted octanol–water partition coefficient (Wildman–Crippen LogP) is 5.40. The minimum Gasteiger partial charge on any atom is -0.346 e. The average Bonchev–Trinajstić information content (AvgIpc) is 3.04. The zero-order valence-corrected chi connectivity index (χ0v) is 14.3. The van der Waals surface area contributed by atoms with E-state index >= 15 is 0 Å². The summed E-state index contributed by atoms with van der Waals surface area (Å²) in [7, 11) is 0. The molecule has 2 nitrogen and oxygen atoms in total. The maximum atomic E-state index is 5.95. The lowest BCUT2D eigenvalue weighted by atomic mass is 10.1. The molecule has 0 aromatic heterocycles. The van der Waals surface area contributed by atoms with Crippen molar-refractivity contribution >= 4 is 33.6 Å². The Morgan fingerprint density at radius 1 is 1.14 bits per heavy atom. The van der Waals surface area contributed by atoms with Gasteiger partial charge in [-0.2, -0.15) is 0 Å². The highest BCUT2D eigenvalue weighted by Crippen LogP contribution is 2.25. The van der Waals surface area contributed by atoms with Gasteiger partial charge < -0.3 is 9.47 Å². The van der Waals surface area contributed by atoms with Crippen molar-refractivity contribution in [1.29, 1.82) is 0 Å². The van der Waals surface area contributed by atoms with E-state index in [4.69, 9.17) is 21.1 Å². The second-order valence-electron chi connectivity index (χ2n) is 5.09. The summed E-state index contributed by atoms with van der Waals surface area (Å²) in [6.45, 7) is 1.33. The van der Waals surface area contributed by atoms with Crippen LogP contribution < -0.4 is 0 Å². The molecule has 0 amide bonds. The molecule has 4 heteroatoms. The summed E-state index contributed by atoms with van der Waals surface area (Å²) >= 11 is 9.47. The van der Waals surface area contributed by atoms with Crippen molar-refractivity contribution < 1.29 is 9.47 Å². The summed E-state index contributed by atoms with van der Waals surface area (Å²) in [5.74, 6) is 0. The molecular weight excluding hydrogens is 364 g/mol. The first kappa shape index (κ1) is 15.8. The van der Waals surface area contributed by atoms with Crippen LogP contribution in [0.15, 0.2) is 53.0 Å². The Morgan fingerprint density at radius 2 is 1.95 bits per heavy atom. The maximum Gasteiger partial charge on any atom is 0.184 e. The van der Waals surface area contributed by atoms with Crippen LogP contribution in [0.5, 0.6) is 0 Å². The Labute approximate surface area is 143 Å². The Hall–Kier alpha value is -1.13. The molecule has 0 radical (unpaired) electrons. The van der Waals surface area contributed by atoms with E-state index in [1.54, 1.807) is 0 Å². The molecule has 0 saturated carbocycles. The quantitative estimate of drug-likeness (QED) is 0.707. The van der Waals surface area contributed by atoms with Gasteiger partial charge in [0.05, 0.1) is 13.2 Å². The van der Waals surface area contributed by atoms with Crippen molar-refractivity contribution in [2.45, 2.75) is 12.7 Å². The SMILES string of the molecule is Clc1ccc(/C=C/Cc2cccc(C3OCCO3)c2)c(Br)c1. The molecule has 0 atom stereocenters. The summed E-state index contributed by atoms with van der Waals surface area (Å²) in [5.41, 5.74) is 3.43. The van der Waals surface area contributed by atoms with Crippen LogP contribution in [0.25, 0.3) is 6.08 Å². The van der Waals surface area contributed by atoms with Crippen LogP contribution in [0.1, 0.15) is 23.0 Å². The molecule has 1 fully saturated rings. The summed E-state index contributed by atoms with van der Waals surface area (Å²) in [6.07, 6.45) is 4.88. The smallest absolute Gasteiger partial charge is 0.184 e. The Balaban J connectivity index is 1.68. The Bertz CT molecular complexity index is 679. The zero-order chi connectivity index (χ0) is 15.4. The first-order valence-corrected chi connectivity index (χ1v) is 8.33. The average molecular weight is 380 g/mol. The van der Waals surface area contributed by atoms with Gasteiger partial charge in [0.2, 0.25) is 0 Å². The third-order valence-electron chi connectivity index (χ3n) is 3.46. The van der Waals surface area contributed by atoms with Gasteiger partial charge in [-0.3, -0.25) is 0 Å². The second kappa shape index (κ2) is 7.42. The minimum absolute atomic E-state index is 0.214. The first-order valence-electron chi connectivity index (χ1n) is 7.16. The molecule has 1 aliphatic heterocycles. The molecule has 22 heavy (non-hydrogen) atoms. The van der Waals surface area contributed by atoms with Gasteiger partial charge in [-0.1, -0.05) is 70.0 Å². The van der Waals surface area contributed by atoms with Crippen molar-refractivity contribution in [2.75, 3.05) is 13.2 Å². The van der Waals surface area contributed by atoms with Crippen molar-refractivity contribution in [3.8, 4) is 0 Å². The molecule has 0 aliphatic carbocycles. The van der Waals surface area contributed by atoms with Gasteiger partial charge in [0.1, 0.15) is 0 Å². The molecule has 1 aliphatic rings. The molecule has 114 valence electrons. The number of hydrogen-bond donors (Lipinski definition) is 0. The number of rotatable bonds is 4. The van der Waals surface area contributed by atoms with Gasteiger partial charge in [0.25, 0.3) is 0 Å². The van der Waals surface area contributed by atoms with Gasteiger partial charge in [-0.05, 0) is 29.7 Å². The number of halogens is 2. The van der Waals surface area contributed by atoms with Gasteiger partial charge >= 0.3 is 0 Å². The van der Waals surface area contributed by atoms with Gasteiger partial charge in [-0.25, -0.2) is 0 Å². The fraction of sp³-hybridized carbons (Fsp3) is 0.222. The molecule has 0 unspecified atom stereocenters. The van der Waals surface area contributed by atoms with Crippen LogP contribution in [0, 0.1) is 0 Å². The molecule has 0 N–H and O–H groups in total. The molecule has 3 rings (SSSR count). The van der Waals surface area contributed by atoms with E-state index in [2.05, 4.69) is 40.2 Å². The molecule has 0 spiro atoms. The lowest BCUT2D eigenvalue weighted by Crippen LogP contribution is -1.98. The maximum absolute atomic E-state index is 5.95. The second-order valence-corrected chi connectivity index (χ2v) is 6.38. The predicted molar refractivity (Wildman–Crippen MR) is 93.0 cm³/mol. The number of ether oxygens (including phenoxy) is 2. The normalized spacial score (nSPS) is 15.7. The van der Waals surface area contributed by atoms with Crippen LogP contribution in [0.4, 0.5) is 0 Å². The molecule has 1 heterocycles. The third-order valence-corrected chi connectivity index (χ3v) is 4.38. The van der Waals surface area contributed by atoms with E-state index in [9.17, 15) is 0 Å². The van der Waals surface area contributed by atoms with E-state index in [1.165, 1.54) is 5.56 Å². The standard InChI is InChI=1S/C18H16BrClO2/c19-17-12-16(20)8-7-14(17)5-1-3-13-4-2-6-15(11-13)18-21-9-10-22-18/h1-2,4-8,11-12,18H,3,9-10H2/b5-1+. The molecule has 2 aromatic carbocycles. The lowest BCUT2D eigenvalue weighted by molar-refractivity contribution is -0.0441. The van der Waals surface area contributed by atoms with Crippen LogP contribution >= 0.6 is 27.5 Å². The van der Waals surface area contributed by atoms with Gasteiger partial charge in [0.15, 0.2) is 6.29 Å². The van der Waals surface area contributed by atoms with E-state index in [-0.39, 0.29) is 6.29 Å². The number of allylic oxidation sites excluding steroid dienone is 1. The van der Waals surface area contributed by atoms with E-state index in [0.717, 1.165) is 27.0 Å². The molecular formula is C18H16BrClO2. The largest absolute Gasteiger partial charge is 0.346 e. The van der Waals surface area contributed by atoms with Crippen LogP contribution in [-0.4, -0.2) is 13.2 Å². The Kier molecular flexibility index (Phi) is 5.32. The topological polar surface area (TPSA) is 18.5 Å². The van der Waals surface area contributed by atoms with Crippen LogP contribution in [0.2, 0.25) is 5.02 Å². The number of hydrogen-bond acceptors (Lipinski definition) is 2. The highest BCUT2D eigenvalue weighted by atomic mass is 79.9. The monoisotopic (exact) mass is 378 g/mol. The summed E-state index contributed by atoms with van der Waals surface area (Å²) in [4.78, 5) is 0. The van der Waals surface area contributed by atoms with Crippen LogP contribution in [0.3, 0.4) is 0 Å². The highest BCUT2D eigenvalue weighted by molar-refractivity contribution is 9.10. The van der Waals surface area contributed by atoms with Crippen molar-refractivity contribution in [3.63, 3.8) is 0 Å². The first-order chi connectivity index (χ1) is 10.7. The van der Waals surface area contributed by atoms with E-state index in [1.807, 2.05) is 30.3 Å². The summed E-state index contributed by atoms with van der Waals surface area (Å²) in [6, 6.07) is 14.1. The van der Waals surface area contributed by atoms with Gasteiger partial charge in [-0.15, -0.1) is 0 Å². The molecule has 0 bridgehead atoms. The number of benzene rings is 2. The minimum atomic E-state index is -0.214. The molecule has 2 aromatic rings. The Morgan fingerprint density at radius 3 is 2.73 bits per heavy atom. The summed E-state index contributed by atoms with van der Waals surface area (Å²) in [5, 5.41) is 0.730. The zero-order valence-electron chi connectivity index (χ0n) is 12.0. The third kappa shape index (κ3) is 3.99. The lowest BCUT2D eigenvalue weighted by Gasteiger charge is -2.10. The van der Waals surface area contributed by atoms with Gasteiger partial charge in [0, 0.05) is 15.1 Å². The van der Waals surface area contributed by atoms with E-state index < -0.39 is 0 Å². The fourth-order valence-corrected chi connectivity index (χ4v) is 3.19. The van der Waals surface area contributed by atoms with Crippen molar-refractivity contribution in [2.24, 2.45) is 0 Å². The summed E-state index contributed by atoms with van der Waals surface area (Å²) < 4.78 is 12.1. The van der Waals surface area contributed by atoms with Crippen LogP contribution in [-0.2, 0) is 15.9 Å². The highest BCUT2D eigenvalue weighted by Gasteiger charge is 2.17. The van der Waals surface area contributed by atoms with Crippen molar-refractivity contribution in [3.05, 3.63) is 74.7 Å². The van der Waals surface area contributed by atoms with E-state index in [0.29, 0.717) is 13.2 Å². The molecule has 1 saturated heterocycles. The fourth-order valence-electron chi connectivity index (χ4n) is 2.38. The van der Waals surface area contributed by atoms with Crippen molar-refractivity contribution in [1.82, 2.24) is 0 Å².